The van der Waals surface area contributed by atoms with Gasteiger partial charge in [0.2, 0.25) is 10.0 Å². The SMILES string of the molecule is CC(C)(CCO)CNS(=O)(=O)c1ccc(-c2ccccc2)cc1. The van der Waals surface area contributed by atoms with E-state index >= 15 is 0 Å². The Morgan fingerprint density at radius 2 is 1.52 bits per heavy atom. The summed E-state index contributed by atoms with van der Waals surface area (Å²) in [6, 6.07) is 16.7. The monoisotopic (exact) mass is 333 g/mol. The maximum Gasteiger partial charge on any atom is 0.240 e. The number of sulfonamides is 1. The van der Waals surface area contributed by atoms with E-state index in [0.29, 0.717) is 6.42 Å². The summed E-state index contributed by atoms with van der Waals surface area (Å²) in [6.45, 7) is 4.17. The number of hydrogen-bond donors (Lipinski definition) is 2. The average molecular weight is 333 g/mol. The second-order valence-electron chi connectivity index (χ2n) is 6.35. The van der Waals surface area contributed by atoms with Crippen molar-refractivity contribution in [2.45, 2.75) is 25.2 Å². The predicted octanol–water partition coefficient (Wildman–Crippen LogP) is 3.04. The van der Waals surface area contributed by atoms with E-state index in [1.165, 1.54) is 0 Å². The first-order chi connectivity index (χ1) is 10.8. The van der Waals surface area contributed by atoms with E-state index in [1.54, 1.807) is 12.1 Å². The summed E-state index contributed by atoms with van der Waals surface area (Å²) >= 11 is 0. The quantitative estimate of drug-likeness (QED) is 0.818. The fourth-order valence-electron chi connectivity index (χ4n) is 2.22. The highest BCUT2D eigenvalue weighted by atomic mass is 32.2. The summed E-state index contributed by atoms with van der Waals surface area (Å²) in [4.78, 5) is 0.247. The van der Waals surface area contributed by atoms with Gasteiger partial charge in [0, 0.05) is 13.2 Å². The van der Waals surface area contributed by atoms with Gasteiger partial charge in [0.25, 0.3) is 0 Å². The molecule has 0 fully saturated rings. The molecule has 2 rings (SSSR count). The molecule has 0 aliphatic rings. The van der Waals surface area contributed by atoms with Crippen molar-refractivity contribution in [2.75, 3.05) is 13.2 Å². The first-order valence-corrected chi connectivity index (χ1v) is 9.08. The van der Waals surface area contributed by atoms with E-state index in [4.69, 9.17) is 5.11 Å². The van der Waals surface area contributed by atoms with Crippen LogP contribution in [-0.2, 0) is 10.0 Å². The topological polar surface area (TPSA) is 66.4 Å². The molecule has 0 saturated heterocycles. The summed E-state index contributed by atoms with van der Waals surface area (Å²) in [7, 11) is -3.54. The molecule has 0 spiro atoms. The van der Waals surface area contributed by atoms with Crippen molar-refractivity contribution < 1.29 is 13.5 Å². The van der Waals surface area contributed by atoms with Crippen LogP contribution >= 0.6 is 0 Å². The molecule has 4 nitrogen and oxygen atoms in total. The number of hydrogen-bond acceptors (Lipinski definition) is 3. The second kappa shape index (κ2) is 7.25. The molecule has 0 amide bonds. The Balaban J connectivity index is 2.12. The van der Waals surface area contributed by atoms with Crippen LogP contribution in [0, 0.1) is 5.41 Å². The van der Waals surface area contributed by atoms with E-state index in [-0.39, 0.29) is 23.5 Å². The van der Waals surface area contributed by atoms with E-state index in [9.17, 15) is 8.42 Å². The van der Waals surface area contributed by atoms with Gasteiger partial charge in [0.15, 0.2) is 0 Å². The molecule has 2 aromatic carbocycles. The van der Waals surface area contributed by atoms with Gasteiger partial charge >= 0.3 is 0 Å². The summed E-state index contributed by atoms with van der Waals surface area (Å²) < 4.78 is 27.3. The van der Waals surface area contributed by atoms with Crippen LogP contribution in [-0.4, -0.2) is 26.7 Å². The van der Waals surface area contributed by atoms with Gasteiger partial charge in [0.1, 0.15) is 0 Å². The van der Waals surface area contributed by atoms with E-state index in [2.05, 4.69) is 4.72 Å². The van der Waals surface area contributed by atoms with Crippen LogP contribution in [0.25, 0.3) is 11.1 Å². The molecule has 0 aliphatic heterocycles. The maximum absolute atomic E-state index is 12.4. The largest absolute Gasteiger partial charge is 0.396 e. The predicted molar refractivity (Wildman–Crippen MR) is 92.6 cm³/mol. The molecule has 0 atom stereocenters. The third-order valence-corrected chi connectivity index (χ3v) is 5.22. The summed E-state index contributed by atoms with van der Waals surface area (Å²) in [5, 5.41) is 9.01. The smallest absolute Gasteiger partial charge is 0.240 e. The van der Waals surface area contributed by atoms with Crippen molar-refractivity contribution in [3.05, 3.63) is 54.6 Å². The molecule has 0 saturated carbocycles. The summed E-state index contributed by atoms with van der Waals surface area (Å²) in [5.74, 6) is 0. The lowest BCUT2D eigenvalue weighted by Crippen LogP contribution is -2.34. The van der Waals surface area contributed by atoms with Gasteiger partial charge in [-0.15, -0.1) is 0 Å². The zero-order valence-corrected chi connectivity index (χ0v) is 14.3. The number of benzene rings is 2. The van der Waals surface area contributed by atoms with Crippen molar-refractivity contribution in [1.82, 2.24) is 4.72 Å². The average Bonchev–Trinajstić information content (AvgIpc) is 2.54. The molecular weight excluding hydrogens is 310 g/mol. The van der Waals surface area contributed by atoms with Crippen LogP contribution in [0.5, 0.6) is 0 Å². The van der Waals surface area contributed by atoms with Crippen LogP contribution in [0.1, 0.15) is 20.3 Å². The Kier molecular flexibility index (Phi) is 5.57. The van der Waals surface area contributed by atoms with E-state index in [1.807, 2.05) is 56.3 Å². The molecule has 5 heteroatoms. The molecule has 0 radical (unpaired) electrons. The minimum Gasteiger partial charge on any atom is -0.396 e. The third-order valence-electron chi connectivity index (χ3n) is 3.80. The lowest BCUT2D eigenvalue weighted by Gasteiger charge is -2.23. The van der Waals surface area contributed by atoms with Gasteiger partial charge in [-0.25, -0.2) is 13.1 Å². The van der Waals surface area contributed by atoms with Crippen molar-refractivity contribution in [1.29, 1.82) is 0 Å². The van der Waals surface area contributed by atoms with Crippen molar-refractivity contribution in [3.8, 4) is 11.1 Å². The van der Waals surface area contributed by atoms with Crippen LogP contribution in [0.4, 0.5) is 0 Å². The molecule has 0 aromatic heterocycles. The zero-order chi connectivity index (χ0) is 16.9. The molecule has 2 N–H and O–H groups in total. The fraction of sp³-hybridized carbons (Fsp3) is 0.333. The normalized spacial score (nSPS) is 12.3. The maximum atomic E-state index is 12.4. The van der Waals surface area contributed by atoms with Crippen LogP contribution in [0.15, 0.2) is 59.5 Å². The first kappa shape index (κ1) is 17.7. The summed E-state index contributed by atoms with van der Waals surface area (Å²) in [5.41, 5.74) is 1.74. The highest BCUT2D eigenvalue weighted by Crippen LogP contribution is 2.22. The van der Waals surface area contributed by atoms with Gasteiger partial charge in [-0.1, -0.05) is 56.3 Å². The molecule has 23 heavy (non-hydrogen) atoms. The van der Waals surface area contributed by atoms with Gasteiger partial charge in [-0.3, -0.25) is 0 Å². The minimum atomic E-state index is -3.54. The number of aliphatic hydroxyl groups excluding tert-OH is 1. The molecular formula is C18H23NO3S. The first-order valence-electron chi connectivity index (χ1n) is 7.60. The highest BCUT2D eigenvalue weighted by molar-refractivity contribution is 7.89. The molecule has 124 valence electrons. The Morgan fingerprint density at radius 1 is 0.957 bits per heavy atom. The Labute approximate surface area is 138 Å². The lowest BCUT2D eigenvalue weighted by atomic mass is 9.90. The minimum absolute atomic E-state index is 0.0422. The Bertz CT molecular complexity index is 723. The fourth-order valence-corrected chi connectivity index (χ4v) is 3.46. The molecule has 2 aromatic rings. The van der Waals surface area contributed by atoms with Crippen molar-refractivity contribution in [2.24, 2.45) is 5.41 Å². The van der Waals surface area contributed by atoms with Crippen LogP contribution in [0.3, 0.4) is 0 Å². The molecule has 0 aliphatic carbocycles. The van der Waals surface area contributed by atoms with Gasteiger partial charge < -0.3 is 5.11 Å². The lowest BCUT2D eigenvalue weighted by molar-refractivity contribution is 0.213. The Morgan fingerprint density at radius 3 is 2.09 bits per heavy atom. The summed E-state index contributed by atoms with van der Waals surface area (Å²) in [6.07, 6.45) is 0.544. The second-order valence-corrected chi connectivity index (χ2v) is 8.12. The van der Waals surface area contributed by atoms with Gasteiger partial charge in [-0.05, 0) is 35.1 Å². The van der Waals surface area contributed by atoms with Crippen LogP contribution in [0.2, 0.25) is 0 Å². The Hall–Kier alpha value is -1.69. The van der Waals surface area contributed by atoms with E-state index in [0.717, 1.165) is 11.1 Å². The standard InChI is InChI=1S/C18H23NO3S/c1-18(2,12-13-20)14-19-23(21,22)17-10-8-16(9-11-17)15-6-4-3-5-7-15/h3-11,19-20H,12-14H2,1-2H3. The number of nitrogens with one attached hydrogen (secondary N) is 1. The molecule has 0 heterocycles. The van der Waals surface area contributed by atoms with Gasteiger partial charge in [0.05, 0.1) is 4.90 Å². The van der Waals surface area contributed by atoms with Crippen molar-refractivity contribution >= 4 is 10.0 Å². The zero-order valence-electron chi connectivity index (χ0n) is 13.5. The molecule has 0 bridgehead atoms. The van der Waals surface area contributed by atoms with Crippen LogP contribution < -0.4 is 4.72 Å². The van der Waals surface area contributed by atoms with Gasteiger partial charge in [-0.2, -0.15) is 0 Å². The van der Waals surface area contributed by atoms with E-state index < -0.39 is 10.0 Å². The molecule has 0 unspecified atom stereocenters. The highest BCUT2D eigenvalue weighted by Gasteiger charge is 2.21. The number of aliphatic hydroxyl groups is 1. The number of rotatable bonds is 7. The third kappa shape index (κ3) is 4.89. The van der Waals surface area contributed by atoms with Crippen molar-refractivity contribution in [3.63, 3.8) is 0 Å².